The van der Waals surface area contributed by atoms with Crippen LogP contribution in [0.1, 0.15) is 129 Å². The molecule has 0 spiro atoms. The lowest BCUT2D eigenvalue weighted by Gasteiger charge is -2.32. The number of aliphatic hydroxyl groups excluding tert-OH is 5. The highest BCUT2D eigenvalue weighted by atomic mass is 16.5. The van der Waals surface area contributed by atoms with Gasteiger partial charge in [-0.3, -0.25) is 30.3 Å². The second kappa shape index (κ2) is 36.6. The van der Waals surface area contributed by atoms with Gasteiger partial charge in [-0.1, -0.05) is 97.3 Å². The first-order chi connectivity index (χ1) is 29.4. The Morgan fingerprint density at radius 3 is 1.92 bits per heavy atom. The largest absolute Gasteiger partial charge is 0.394 e. The van der Waals surface area contributed by atoms with Gasteiger partial charge in [-0.25, -0.2) is 4.98 Å². The van der Waals surface area contributed by atoms with Crippen LogP contribution in [0.25, 0.3) is 0 Å². The fourth-order valence-corrected chi connectivity index (χ4v) is 6.66. The normalized spacial score (nSPS) is 15.2. The predicted octanol–water partition coefficient (Wildman–Crippen LogP) is 0.351. The molecular formula is C42H83N9O10. The molecule has 19 heteroatoms. The third-order valence-corrected chi connectivity index (χ3v) is 10.3. The Labute approximate surface area is 363 Å². The lowest BCUT2D eigenvalue weighted by atomic mass is 10.0. The van der Waals surface area contributed by atoms with Crippen molar-refractivity contribution in [2.45, 2.75) is 172 Å². The smallest absolute Gasteiger partial charge is 0.246 e. The number of aromatic amines is 1. The summed E-state index contributed by atoms with van der Waals surface area (Å²) in [7, 11) is 1.53. The average molecular weight is 874 g/mol. The number of imidazole rings is 1. The Morgan fingerprint density at radius 2 is 1.36 bits per heavy atom. The maximum Gasteiger partial charge on any atom is 0.246 e. The van der Waals surface area contributed by atoms with Crippen molar-refractivity contribution in [1.29, 1.82) is 0 Å². The van der Waals surface area contributed by atoms with Gasteiger partial charge in [-0.05, 0) is 38.6 Å². The van der Waals surface area contributed by atoms with E-state index < -0.39 is 73.9 Å². The number of nitrogens with one attached hydrogen (secondary N) is 7. The molecule has 1 rings (SSSR count). The van der Waals surface area contributed by atoms with Crippen LogP contribution < -0.4 is 37.6 Å². The molecule has 0 aliphatic carbocycles. The zero-order valence-electron chi connectivity index (χ0n) is 37.3. The van der Waals surface area contributed by atoms with E-state index in [0.29, 0.717) is 25.3 Å². The van der Waals surface area contributed by atoms with Crippen molar-refractivity contribution >= 4 is 17.7 Å². The highest BCUT2D eigenvalue weighted by Crippen LogP contribution is 2.15. The fraction of sp³-hybridized carbons (Fsp3) is 0.857. The molecule has 3 amide bonds. The minimum atomic E-state index is -1.45. The van der Waals surface area contributed by atoms with Crippen LogP contribution in [0.15, 0.2) is 12.5 Å². The van der Waals surface area contributed by atoms with Gasteiger partial charge in [-0.15, -0.1) is 0 Å². The molecule has 61 heavy (non-hydrogen) atoms. The SMILES string of the molecule is CNC(O)C(Cc1cnc[nH]1)NC(O)C(CCC(N)O)NC(=O)C(CO)NC(=O)CNC(=O)COCCOCCNC(O)CCCCCCCCCCCCCCCC(C)C. The lowest BCUT2D eigenvalue weighted by molar-refractivity contribution is -0.132. The Kier molecular flexibility index (Phi) is 33.8. The van der Waals surface area contributed by atoms with E-state index in [0.717, 1.165) is 18.8 Å². The molecule has 1 aromatic rings. The first-order valence-electron chi connectivity index (χ1n) is 22.6. The highest BCUT2D eigenvalue weighted by Gasteiger charge is 2.30. The van der Waals surface area contributed by atoms with Crippen LogP contribution in [-0.2, 0) is 30.3 Å². The molecule has 0 radical (unpaired) electrons. The number of carbonyl (C=O) groups excluding carboxylic acids is 3. The maximum atomic E-state index is 13.1. The second-order valence-corrected chi connectivity index (χ2v) is 16.3. The van der Waals surface area contributed by atoms with Gasteiger partial charge in [0.05, 0.1) is 51.4 Å². The van der Waals surface area contributed by atoms with Crippen LogP contribution in [0, 0.1) is 5.92 Å². The summed E-state index contributed by atoms with van der Waals surface area (Å²) < 4.78 is 10.8. The van der Waals surface area contributed by atoms with Crippen molar-refractivity contribution in [3.63, 3.8) is 0 Å². The number of aromatic nitrogens is 2. The van der Waals surface area contributed by atoms with Gasteiger partial charge >= 0.3 is 0 Å². The molecule has 19 nitrogen and oxygen atoms in total. The van der Waals surface area contributed by atoms with Crippen molar-refractivity contribution in [2.75, 3.05) is 53.2 Å². The van der Waals surface area contributed by atoms with Gasteiger partial charge in [0, 0.05) is 24.9 Å². The topological polar surface area (TPSA) is 298 Å². The zero-order valence-corrected chi connectivity index (χ0v) is 37.3. The van der Waals surface area contributed by atoms with Crippen molar-refractivity contribution in [3.8, 4) is 0 Å². The predicted molar refractivity (Wildman–Crippen MR) is 233 cm³/mol. The summed E-state index contributed by atoms with van der Waals surface area (Å²) in [5.41, 5.74) is 6.15. The van der Waals surface area contributed by atoms with E-state index in [9.17, 15) is 39.9 Å². The molecule has 0 aliphatic rings. The highest BCUT2D eigenvalue weighted by molar-refractivity contribution is 5.90. The average Bonchev–Trinajstić information content (AvgIpc) is 3.75. The van der Waals surface area contributed by atoms with Crippen LogP contribution in [0.2, 0.25) is 0 Å². The van der Waals surface area contributed by atoms with Gasteiger partial charge in [0.1, 0.15) is 37.6 Å². The quantitative estimate of drug-likeness (QED) is 0.0312. The van der Waals surface area contributed by atoms with E-state index in [2.05, 4.69) is 55.7 Å². The Hall–Kier alpha value is -2.82. The van der Waals surface area contributed by atoms with Crippen molar-refractivity contribution in [1.82, 2.24) is 41.9 Å². The standard InChI is InChI=1S/C42H83N9O10/c1-31(2)17-15-13-11-9-7-5-4-6-8-10-12-14-16-18-37(54)46-21-22-60-23-24-61-29-39(56)47-27-38(55)49-35(28-52)42(59)50-33(19-20-36(43)53)41(58)51-34(40(57)44-3)25-32-26-45-30-48-32/h26,30-31,33-37,40-41,44,46,51-54,57-58H,4-25,27-29,43H2,1-3H3,(H,45,48)(H,47,56)(H,49,55)(H,50,59). The van der Waals surface area contributed by atoms with E-state index in [1.54, 1.807) is 6.20 Å². The number of amides is 3. The summed E-state index contributed by atoms with van der Waals surface area (Å²) in [5.74, 6) is -1.36. The van der Waals surface area contributed by atoms with Crippen molar-refractivity contribution in [2.24, 2.45) is 11.7 Å². The molecule has 14 N–H and O–H groups in total. The Morgan fingerprint density at radius 1 is 0.754 bits per heavy atom. The summed E-state index contributed by atoms with van der Waals surface area (Å²) in [6.45, 7) is 4.17. The molecule has 1 heterocycles. The molecular weight excluding hydrogens is 791 g/mol. The van der Waals surface area contributed by atoms with Gasteiger partial charge in [-0.2, -0.15) is 0 Å². The Bertz CT molecular complexity index is 1220. The van der Waals surface area contributed by atoms with Crippen LogP contribution >= 0.6 is 0 Å². The van der Waals surface area contributed by atoms with Crippen molar-refractivity contribution < 1.29 is 49.4 Å². The number of aliphatic hydroxyl groups is 5. The maximum absolute atomic E-state index is 13.1. The number of hydrogen-bond acceptors (Lipinski definition) is 15. The first-order valence-corrected chi connectivity index (χ1v) is 22.6. The third kappa shape index (κ3) is 30.8. The number of ether oxygens (including phenoxy) is 2. The summed E-state index contributed by atoms with van der Waals surface area (Å²) in [5, 5.41) is 67.0. The number of unbranched alkanes of at least 4 members (excludes halogenated alkanes) is 12. The first kappa shape index (κ1) is 56.2. The molecule has 0 aliphatic heterocycles. The molecule has 0 fully saturated rings. The number of carbonyl (C=O) groups is 3. The van der Waals surface area contributed by atoms with E-state index in [1.807, 2.05) is 0 Å². The molecule has 356 valence electrons. The number of H-pyrrole nitrogens is 1. The monoisotopic (exact) mass is 874 g/mol. The van der Waals surface area contributed by atoms with Crippen LogP contribution in [0.5, 0.6) is 0 Å². The number of likely N-dealkylation sites (N-methyl/N-ethyl adjacent to an activating group) is 1. The number of nitrogens with zero attached hydrogens (tertiary/aromatic N) is 1. The lowest BCUT2D eigenvalue weighted by Crippen LogP contribution is -2.60. The molecule has 7 unspecified atom stereocenters. The molecule has 0 saturated carbocycles. The van der Waals surface area contributed by atoms with Gasteiger partial charge in [0.2, 0.25) is 17.7 Å². The number of hydrogen-bond donors (Lipinski definition) is 13. The summed E-state index contributed by atoms with van der Waals surface area (Å²) in [6.07, 6.45) is 17.7. The second-order valence-electron chi connectivity index (χ2n) is 16.3. The van der Waals surface area contributed by atoms with Crippen molar-refractivity contribution in [3.05, 3.63) is 18.2 Å². The number of rotatable bonds is 41. The molecule has 0 bridgehead atoms. The van der Waals surface area contributed by atoms with Crippen LogP contribution in [0.3, 0.4) is 0 Å². The molecule has 0 aromatic carbocycles. The molecule has 7 atom stereocenters. The van der Waals surface area contributed by atoms with E-state index in [-0.39, 0.29) is 39.1 Å². The van der Waals surface area contributed by atoms with E-state index >= 15 is 0 Å². The fourth-order valence-electron chi connectivity index (χ4n) is 6.66. The number of nitrogens with two attached hydrogens (primary N) is 1. The minimum absolute atomic E-state index is 0.00341. The molecule has 0 saturated heterocycles. The van der Waals surface area contributed by atoms with Crippen LogP contribution in [-0.4, -0.2) is 149 Å². The minimum Gasteiger partial charge on any atom is -0.394 e. The summed E-state index contributed by atoms with van der Waals surface area (Å²) in [6, 6.07) is -3.25. The third-order valence-electron chi connectivity index (χ3n) is 10.3. The van der Waals surface area contributed by atoms with Gasteiger partial charge in [0.25, 0.3) is 0 Å². The summed E-state index contributed by atoms with van der Waals surface area (Å²) >= 11 is 0. The molecule has 1 aromatic heterocycles. The van der Waals surface area contributed by atoms with Crippen LogP contribution in [0.4, 0.5) is 0 Å². The Balaban J connectivity index is 2.18. The zero-order chi connectivity index (χ0) is 45.1. The van der Waals surface area contributed by atoms with Gasteiger partial charge < -0.3 is 61.7 Å². The van der Waals surface area contributed by atoms with E-state index in [1.165, 1.54) is 90.4 Å². The summed E-state index contributed by atoms with van der Waals surface area (Å²) in [4.78, 5) is 44.6. The van der Waals surface area contributed by atoms with Gasteiger partial charge in [0.15, 0.2) is 0 Å². The van der Waals surface area contributed by atoms with E-state index in [4.69, 9.17) is 15.2 Å².